The highest BCUT2D eigenvalue weighted by atomic mass is 16.5. The van der Waals surface area contributed by atoms with Gasteiger partial charge in [0.1, 0.15) is 17.1 Å². The van der Waals surface area contributed by atoms with Gasteiger partial charge in [0.25, 0.3) is 0 Å². The van der Waals surface area contributed by atoms with E-state index in [0.29, 0.717) is 6.04 Å². The van der Waals surface area contributed by atoms with Crippen LogP contribution in [0.4, 0.5) is 0 Å². The van der Waals surface area contributed by atoms with E-state index >= 15 is 0 Å². The van der Waals surface area contributed by atoms with E-state index in [-0.39, 0.29) is 5.60 Å². The van der Waals surface area contributed by atoms with Gasteiger partial charge in [0.15, 0.2) is 0 Å². The van der Waals surface area contributed by atoms with Crippen molar-refractivity contribution in [3.63, 3.8) is 0 Å². The Morgan fingerprint density at radius 3 is 2.79 bits per heavy atom. The van der Waals surface area contributed by atoms with Crippen molar-refractivity contribution >= 4 is 0 Å². The van der Waals surface area contributed by atoms with Crippen molar-refractivity contribution in [3.05, 3.63) is 46.8 Å². The highest BCUT2D eigenvalue weighted by Crippen LogP contribution is 2.48. The molecule has 1 atom stereocenters. The Morgan fingerprint density at radius 2 is 2.08 bits per heavy atom. The van der Waals surface area contributed by atoms with Crippen LogP contribution in [0.5, 0.6) is 5.75 Å². The summed E-state index contributed by atoms with van der Waals surface area (Å²) in [5.74, 6) is 2.03. The molecule has 0 unspecified atom stereocenters. The molecule has 1 aromatic heterocycles. The van der Waals surface area contributed by atoms with Crippen molar-refractivity contribution in [3.8, 4) is 5.75 Å². The van der Waals surface area contributed by atoms with Crippen molar-refractivity contribution < 1.29 is 9.26 Å². The Kier molecular flexibility index (Phi) is 4.09. The molecule has 2 aromatic rings. The number of fused-ring (bicyclic) bond motifs is 1. The van der Waals surface area contributed by atoms with Crippen molar-refractivity contribution in [2.45, 2.75) is 64.0 Å². The lowest BCUT2D eigenvalue weighted by Crippen LogP contribution is -2.49. The van der Waals surface area contributed by atoms with Crippen LogP contribution in [-0.4, -0.2) is 17.3 Å². The van der Waals surface area contributed by atoms with Crippen LogP contribution in [0, 0.1) is 13.8 Å². The third kappa shape index (κ3) is 2.84. The number of rotatable bonds is 5. The molecule has 0 radical (unpaired) electrons. The third-order valence-electron chi connectivity index (χ3n) is 5.64. The summed E-state index contributed by atoms with van der Waals surface area (Å²) in [4.78, 5) is 0. The fourth-order valence-electron chi connectivity index (χ4n) is 4.08. The molecular formula is C20H26N2O2. The van der Waals surface area contributed by atoms with Crippen molar-refractivity contribution in [1.82, 2.24) is 10.5 Å². The highest BCUT2D eigenvalue weighted by molar-refractivity contribution is 5.39. The molecule has 2 heterocycles. The fraction of sp³-hybridized carbons (Fsp3) is 0.550. The lowest BCUT2D eigenvalue weighted by molar-refractivity contribution is -0.0368. The van der Waals surface area contributed by atoms with Gasteiger partial charge in [-0.2, -0.15) is 0 Å². The Morgan fingerprint density at radius 1 is 1.25 bits per heavy atom. The van der Waals surface area contributed by atoms with E-state index in [4.69, 9.17) is 9.26 Å². The van der Waals surface area contributed by atoms with Crippen molar-refractivity contribution in [2.75, 3.05) is 6.54 Å². The van der Waals surface area contributed by atoms with E-state index in [2.05, 4.69) is 34.7 Å². The first-order valence-corrected chi connectivity index (χ1v) is 9.10. The molecule has 1 aliphatic carbocycles. The van der Waals surface area contributed by atoms with Gasteiger partial charge in [0.2, 0.25) is 0 Å². The maximum atomic E-state index is 6.32. The lowest BCUT2D eigenvalue weighted by Gasteiger charge is -2.48. The Balaban J connectivity index is 1.39. The summed E-state index contributed by atoms with van der Waals surface area (Å²) in [5, 5.41) is 7.81. The predicted octanol–water partition coefficient (Wildman–Crippen LogP) is 4.26. The van der Waals surface area contributed by atoms with E-state index in [0.717, 1.165) is 43.0 Å². The van der Waals surface area contributed by atoms with Crippen LogP contribution in [0.1, 0.15) is 60.7 Å². The van der Waals surface area contributed by atoms with Crippen LogP contribution < -0.4 is 10.1 Å². The van der Waals surface area contributed by atoms with Crippen LogP contribution >= 0.6 is 0 Å². The van der Waals surface area contributed by atoms with Crippen molar-refractivity contribution in [1.29, 1.82) is 0 Å². The van der Waals surface area contributed by atoms with E-state index in [9.17, 15) is 0 Å². The van der Waals surface area contributed by atoms with Gasteiger partial charge in [-0.25, -0.2) is 0 Å². The Hall–Kier alpha value is -1.81. The first kappa shape index (κ1) is 15.7. The summed E-state index contributed by atoms with van der Waals surface area (Å²) in [7, 11) is 0. The Bertz CT molecular complexity index is 699. The molecule has 1 fully saturated rings. The van der Waals surface area contributed by atoms with Gasteiger partial charge in [0, 0.05) is 23.6 Å². The number of nitrogens with one attached hydrogen (secondary N) is 1. The van der Waals surface area contributed by atoms with Gasteiger partial charge in [-0.3, -0.25) is 0 Å². The van der Waals surface area contributed by atoms with Crippen LogP contribution in [0.2, 0.25) is 0 Å². The summed E-state index contributed by atoms with van der Waals surface area (Å²) in [5.41, 5.74) is 3.69. The molecule has 0 amide bonds. The van der Waals surface area contributed by atoms with E-state index in [1.54, 1.807) is 0 Å². The monoisotopic (exact) mass is 326 g/mol. The maximum Gasteiger partial charge on any atom is 0.137 e. The molecular weight excluding hydrogens is 300 g/mol. The topological polar surface area (TPSA) is 47.3 Å². The molecule has 128 valence electrons. The highest BCUT2D eigenvalue weighted by Gasteiger charge is 2.45. The minimum absolute atomic E-state index is 0.0909. The molecule has 24 heavy (non-hydrogen) atoms. The summed E-state index contributed by atoms with van der Waals surface area (Å²) in [6, 6.07) is 8.91. The predicted molar refractivity (Wildman–Crippen MR) is 93.3 cm³/mol. The maximum absolute atomic E-state index is 6.32. The van der Waals surface area contributed by atoms with E-state index in [1.807, 2.05) is 13.8 Å². The Labute approximate surface area is 143 Å². The second kappa shape index (κ2) is 6.25. The molecule has 1 aliphatic heterocycles. The number of hydrogen-bond acceptors (Lipinski definition) is 4. The molecule has 0 bridgehead atoms. The average molecular weight is 326 g/mol. The summed E-state index contributed by atoms with van der Waals surface area (Å²) >= 11 is 0. The van der Waals surface area contributed by atoms with Crippen LogP contribution in [-0.2, 0) is 6.42 Å². The quantitative estimate of drug-likeness (QED) is 0.834. The number of ether oxygens (including phenoxy) is 1. The molecule has 1 N–H and O–H groups in total. The minimum Gasteiger partial charge on any atom is -0.487 e. The number of aryl methyl sites for hydroxylation is 2. The number of aromatic nitrogens is 1. The molecule has 2 aliphatic rings. The van der Waals surface area contributed by atoms with E-state index in [1.165, 1.54) is 30.4 Å². The fourth-order valence-corrected chi connectivity index (χ4v) is 4.08. The smallest absolute Gasteiger partial charge is 0.137 e. The second-order valence-electron chi connectivity index (χ2n) is 7.29. The van der Waals surface area contributed by atoms with Gasteiger partial charge in [0.05, 0.1) is 5.69 Å². The van der Waals surface area contributed by atoms with Gasteiger partial charge in [-0.1, -0.05) is 23.4 Å². The normalized spacial score (nSPS) is 21.2. The summed E-state index contributed by atoms with van der Waals surface area (Å²) in [6.07, 6.45) is 6.88. The number of benzene rings is 1. The van der Waals surface area contributed by atoms with E-state index < -0.39 is 0 Å². The summed E-state index contributed by atoms with van der Waals surface area (Å²) in [6.45, 7) is 5.02. The SMILES string of the molecule is Cc1noc(C)c1CCCN[C@H]1CC2(CCC2)Oc2ccccc21. The molecule has 1 saturated carbocycles. The number of hydrogen-bond donors (Lipinski definition) is 1. The standard InChI is InChI=1S/C20H26N2O2/c1-14-16(15(2)24-22-14)8-5-12-21-18-13-20(10-6-11-20)23-19-9-4-3-7-17(18)19/h3-4,7,9,18,21H,5-6,8,10-13H2,1-2H3/t18-/m0/s1. The molecule has 4 heteroatoms. The van der Waals surface area contributed by atoms with Gasteiger partial charge < -0.3 is 14.6 Å². The minimum atomic E-state index is 0.0909. The number of para-hydroxylation sites is 1. The van der Waals surface area contributed by atoms with Gasteiger partial charge in [-0.05, 0) is 58.6 Å². The van der Waals surface area contributed by atoms with Gasteiger partial charge >= 0.3 is 0 Å². The first-order chi connectivity index (χ1) is 11.7. The molecule has 1 aromatic carbocycles. The average Bonchev–Trinajstić information content (AvgIpc) is 2.88. The zero-order chi connectivity index (χ0) is 16.6. The zero-order valence-corrected chi connectivity index (χ0v) is 14.6. The molecule has 0 saturated heterocycles. The largest absolute Gasteiger partial charge is 0.487 e. The first-order valence-electron chi connectivity index (χ1n) is 9.10. The van der Waals surface area contributed by atoms with Crippen LogP contribution in [0.15, 0.2) is 28.8 Å². The molecule has 4 nitrogen and oxygen atoms in total. The third-order valence-corrected chi connectivity index (χ3v) is 5.64. The zero-order valence-electron chi connectivity index (χ0n) is 14.6. The molecule has 1 spiro atoms. The lowest BCUT2D eigenvalue weighted by atomic mass is 9.73. The number of nitrogens with zero attached hydrogens (tertiary/aromatic N) is 1. The van der Waals surface area contributed by atoms with Crippen LogP contribution in [0.25, 0.3) is 0 Å². The summed E-state index contributed by atoms with van der Waals surface area (Å²) < 4.78 is 11.6. The second-order valence-corrected chi connectivity index (χ2v) is 7.29. The van der Waals surface area contributed by atoms with Crippen molar-refractivity contribution in [2.24, 2.45) is 0 Å². The van der Waals surface area contributed by atoms with Gasteiger partial charge in [-0.15, -0.1) is 0 Å². The molecule has 4 rings (SSSR count). The van der Waals surface area contributed by atoms with Crippen LogP contribution in [0.3, 0.4) is 0 Å².